The molecule has 0 atom stereocenters. The van der Waals surface area contributed by atoms with E-state index in [1.807, 2.05) is 4.68 Å². The van der Waals surface area contributed by atoms with E-state index in [0.717, 1.165) is 23.7 Å². The molecule has 2 aromatic rings. The molecule has 0 bridgehead atoms. The number of nitrogens with one attached hydrogen (secondary N) is 1. The third kappa shape index (κ3) is 3.13. The molecule has 0 saturated carbocycles. The molecule has 1 N–H and O–H groups in total. The normalized spacial score (nSPS) is 13.7. The molecule has 2 heterocycles. The summed E-state index contributed by atoms with van der Waals surface area (Å²) < 4.78 is 20.2. The van der Waals surface area contributed by atoms with E-state index in [1.165, 1.54) is 12.1 Å². The summed E-state index contributed by atoms with van der Waals surface area (Å²) >= 11 is 5.87. The second-order valence-electron chi connectivity index (χ2n) is 5.02. The van der Waals surface area contributed by atoms with E-state index < -0.39 is 5.82 Å². The number of benzene rings is 1. The lowest BCUT2D eigenvalue weighted by atomic mass is 10.2. The highest BCUT2D eigenvalue weighted by Crippen LogP contribution is 2.17. The maximum absolute atomic E-state index is 13.0. The van der Waals surface area contributed by atoms with E-state index in [1.54, 1.807) is 6.20 Å². The maximum atomic E-state index is 13.0. The van der Waals surface area contributed by atoms with Crippen LogP contribution in [0, 0.1) is 5.82 Å². The molecule has 0 unspecified atom stereocenters. The van der Waals surface area contributed by atoms with Crippen LogP contribution in [0.2, 0.25) is 5.02 Å². The first-order valence-electron chi connectivity index (χ1n) is 6.99. The SMILES string of the molecule is O=C(NCCn1ncc2c1CCOC2)c1ccc(F)cc1Cl. The van der Waals surface area contributed by atoms with Crippen LogP contribution in [0.4, 0.5) is 4.39 Å². The Morgan fingerprint density at radius 1 is 1.50 bits per heavy atom. The van der Waals surface area contributed by atoms with Gasteiger partial charge >= 0.3 is 0 Å². The average molecular weight is 324 g/mol. The Hall–Kier alpha value is -1.92. The van der Waals surface area contributed by atoms with Crippen LogP contribution in [-0.2, 0) is 24.3 Å². The molecule has 1 aliphatic rings. The second-order valence-corrected chi connectivity index (χ2v) is 5.43. The van der Waals surface area contributed by atoms with Gasteiger partial charge in [-0.3, -0.25) is 9.48 Å². The van der Waals surface area contributed by atoms with Gasteiger partial charge in [-0.1, -0.05) is 11.6 Å². The summed E-state index contributed by atoms with van der Waals surface area (Å²) in [6.07, 6.45) is 2.63. The highest BCUT2D eigenvalue weighted by atomic mass is 35.5. The van der Waals surface area contributed by atoms with Crippen LogP contribution in [0.25, 0.3) is 0 Å². The molecule has 1 amide bonds. The maximum Gasteiger partial charge on any atom is 0.252 e. The molecule has 0 radical (unpaired) electrons. The van der Waals surface area contributed by atoms with E-state index in [4.69, 9.17) is 16.3 Å². The number of nitrogens with zero attached hydrogens (tertiary/aromatic N) is 2. The predicted molar refractivity (Wildman–Crippen MR) is 79.3 cm³/mol. The lowest BCUT2D eigenvalue weighted by Crippen LogP contribution is -2.28. The smallest absolute Gasteiger partial charge is 0.252 e. The molecule has 1 aromatic carbocycles. The summed E-state index contributed by atoms with van der Waals surface area (Å²) in [7, 11) is 0. The standard InChI is InChI=1S/C15H15ClFN3O2/c16-13-7-11(17)1-2-12(13)15(21)18-4-5-20-14-3-6-22-9-10(14)8-19-20/h1-2,7-8H,3-6,9H2,(H,18,21). The minimum absolute atomic E-state index is 0.103. The van der Waals surface area contributed by atoms with E-state index in [2.05, 4.69) is 10.4 Å². The fraction of sp³-hybridized carbons (Fsp3) is 0.333. The van der Waals surface area contributed by atoms with E-state index in [9.17, 15) is 9.18 Å². The summed E-state index contributed by atoms with van der Waals surface area (Å²) in [6.45, 7) is 2.27. The van der Waals surface area contributed by atoms with Crippen LogP contribution < -0.4 is 5.32 Å². The van der Waals surface area contributed by atoms with Crippen molar-refractivity contribution in [1.29, 1.82) is 0 Å². The predicted octanol–water partition coefficient (Wildman–Crippen LogP) is 2.18. The summed E-state index contributed by atoms with van der Waals surface area (Å²) in [5.41, 5.74) is 2.51. The summed E-state index contributed by atoms with van der Waals surface area (Å²) in [5, 5.41) is 7.18. The first kappa shape index (κ1) is 15.0. The average Bonchev–Trinajstić information content (AvgIpc) is 2.90. The number of hydrogen-bond donors (Lipinski definition) is 1. The minimum atomic E-state index is -0.466. The number of carbonyl (C=O) groups excluding carboxylic acids is 1. The van der Waals surface area contributed by atoms with Gasteiger partial charge in [0, 0.05) is 24.2 Å². The Bertz CT molecular complexity index is 702. The number of rotatable bonds is 4. The number of ether oxygens (including phenoxy) is 1. The van der Waals surface area contributed by atoms with Crippen molar-refractivity contribution in [2.45, 2.75) is 19.6 Å². The lowest BCUT2D eigenvalue weighted by Gasteiger charge is -2.15. The largest absolute Gasteiger partial charge is 0.376 e. The van der Waals surface area contributed by atoms with Gasteiger partial charge in [-0.25, -0.2) is 4.39 Å². The molecule has 1 aliphatic heterocycles. The lowest BCUT2D eigenvalue weighted by molar-refractivity contribution is 0.0950. The number of carbonyl (C=O) groups is 1. The van der Waals surface area contributed by atoms with Crippen molar-refractivity contribution in [2.75, 3.05) is 13.2 Å². The Morgan fingerprint density at radius 3 is 3.18 bits per heavy atom. The third-order valence-corrected chi connectivity index (χ3v) is 3.87. The fourth-order valence-corrected chi connectivity index (χ4v) is 2.70. The number of aromatic nitrogens is 2. The summed E-state index contributed by atoms with van der Waals surface area (Å²) in [5.74, 6) is -0.790. The van der Waals surface area contributed by atoms with Gasteiger partial charge in [0.1, 0.15) is 5.82 Å². The molecular formula is C15H15ClFN3O2. The quantitative estimate of drug-likeness (QED) is 0.938. The molecule has 0 aliphatic carbocycles. The monoisotopic (exact) mass is 323 g/mol. The van der Waals surface area contributed by atoms with Gasteiger partial charge in [0.2, 0.25) is 0 Å². The summed E-state index contributed by atoms with van der Waals surface area (Å²) in [6, 6.07) is 3.71. The van der Waals surface area contributed by atoms with E-state index >= 15 is 0 Å². The molecule has 22 heavy (non-hydrogen) atoms. The highest BCUT2D eigenvalue weighted by Gasteiger charge is 2.15. The molecule has 5 nitrogen and oxygen atoms in total. The van der Waals surface area contributed by atoms with Crippen molar-refractivity contribution in [3.63, 3.8) is 0 Å². The Balaban J connectivity index is 1.59. The zero-order chi connectivity index (χ0) is 15.5. The van der Waals surface area contributed by atoms with Gasteiger partial charge in [-0.05, 0) is 18.2 Å². The van der Waals surface area contributed by atoms with Gasteiger partial charge in [-0.2, -0.15) is 5.10 Å². The van der Waals surface area contributed by atoms with Gasteiger partial charge in [0.25, 0.3) is 5.91 Å². The van der Waals surface area contributed by atoms with Crippen molar-refractivity contribution < 1.29 is 13.9 Å². The second kappa shape index (κ2) is 6.46. The van der Waals surface area contributed by atoms with Gasteiger partial charge in [0.15, 0.2) is 0 Å². The number of halogens is 2. The highest BCUT2D eigenvalue weighted by molar-refractivity contribution is 6.33. The van der Waals surface area contributed by atoms with Crippen LogP contribution >= 0.6 is 11.6 Å². The van der Waals surface area contributed by atoms with E-state index in [-0.39, 0.29) is 16.5 Å². The Morgan fingerprint density at radius 2 is 2.36 bits per heavy atom. The molecule has 0 fully saturated rings. The number of amides is 1. The molecular weight excluding hydrogens is 309 g/mol. The van der Waals surface area contributed by atoms with Crippen molar-refractivity contribution in [1.82, 2.24) is 15.1 Å². The zero-order valence-electron chi connectivity index (χ0n) is 11.8. The Kier molecular flexibility index (Phi) is 4.40. The van der Waals surface area contributed by atoms with Crippen LogP contribution in [0.3, 0.4) is 0 Å². The van der Waals surface area contributed by atoms with Crippen LogP contribution in [0.5, 0.6) is 0 Å². The molecule has 0 saturated heterocycles. The molecule has 3 rings (SSSR count). The third-order valence-electron chi connectivity index (χ3n) is 3.56. The van der Waals surface area contributed by atoms with Crippen molar-refractivity contribution in [3.8, 4) is 0 Å². The fourth-order valence-electron chi connectivity index (χ4n) is 2.45. The number of hydrogen-bond acceptors (Lipinski definition) is 3. The van der Waals surface area contributed by atoms with Gasteiger partial charge in [-0.15, -0.1) is 0 Å². The molecule has 1 aromatic heterocycles. The topological polar surface area (TPSA) is 56.2 Å². The number of fused-ring (bicyclic) bond motifs is 1. The molecule has 7 heteroatoms. The van der Waals surface area contributed by atoms with Crippen molar-refractivity contribution >= 4 is 17.5 Å². The molecule has 0 spiro atoms. The Labute approximate surface area is 132 Å². The first-order chi connectivity index (χ1) is 10.6. The summed E-state index contributed by atoms with van der Waals surface area (Å²) in [4.78, 5) is 12.0. The van der Waals surface area contributed by atoms with E-state index in [0.29, 0.717) is 26.3 Å². The van der Waals surface area contributed by atoms with Crippen LogP contribution in [-0.4, -0.2) is 28.8 Å². The first-order valence-corrected chi connectivity index (χ1v) is 7.37. The van der Waals surface area contributed by atoms with Crippen molar-refractivity contribution in [2.24, 2.45) is 0 Å². The van der Waals surface area contributed by atoms with Gasteiger partial charge < -0.3 is 10.1 Å². The van der Waals surface area contributed by atoms with Crippen molar-refractivity contribution in [3.05, 3.63) is 52.1 Å². The molecule has 116 valence electrons. The van der Waals surface area contributed by atoms with Gasteiger partial charge in [0.05, 0.1) is 36.5 Å². The van der Waals surface area contributed by atoms with Crippen LogP contribution in [0.15, 0.2) is 24.4 Å². The zero-order valence-corrected chi connectivity index (χ0v) is 12.6. The van der Waals surface area contributed by atoms with Crippen LogP contribution in [0.1, 0.15) is 21.6 Å². The minimum Gasteiger partial charge on any atom is -0.376 e.